The highest BCUT2D eigenvalue weighted by molar-refractivity contribution is 6.04. The number of aryl methyl sites for hydroxylation is 1. The van der Waals surface area contributed by atoms with Crippen LogP contribution in [0.25, 0.3) is 32.9 Å². The van der Waals surface area contributed by atoms with Crippen molar-refractivity contribution in [3.8, 4) is 17.0 Å². The lowest BCUT2D eigenvalue weighted by Crippen LogP contribution is -2.12. The number of benzene rings is 1. The molecular weight excluding hydrogens is 480 g/mol. The Bertz CT molecular complexity index is 1560. The first-order chi connectivity index (χ1) is 17.7. The molecule has 0 bridgehead atoms. The van der Waals surface area contributed by atoms with Crippen molar-refractivity contribution < 1.29 is 29.3 Å². The predicted octanol–water partition coefficient (Wildman–Crippen LogP) is 3.24. The van der Waals surface area contributed by atoms with E-state index in [1.807, 2.05) is 30.8 Å². The Kier molecular flexibility index (Phi) is 7.35. The van der Waals surface area contributed by atoms with E-state index in [0.717, 1.165) is 51.7 Å². The summed E-state index contributed by atoms with van der Waals surface area (Å²) in [5.74, 6) is -1.91. The first-order valence-corrected chi connectivity index (χ1v) is 11.5. The van der Waals surface area contributed by atoms with E-state index in [-0.39, 0.29) is 11.6 Å². The number of carboxylic acid groups (broad SMARTS) is 2. The van der Waals surface area contributed by atoms with E-state index in [1.54, 1.807) is 13.3 Å². The minimum atomic E-state index is -1.26. The summed E-state index contributed by atoms with van der Waals surface area (Å²) in [6.07, 6.45) is 5.48. The second-order valence-corrected chi connectivity index (χ2v) is 8.54. The summed E-state index contributed by atoms with van der Waals surface area (Å²) in [6.45, 7) is 5.37. The van der Waals surface area contributed by atoms with Crippen LogP contribution in [0, 0.1) is 13.8 Å². The van der Waals surface area contributed by atoms with Gasteiger partial charge in [-0.2, -0.15) is 5.10 Å². The number of aromatic nitrogens is 4. The van der Waals surface area contributed by atoms with Gasteiger partial charge < -0.3 is 24.7 Å². The fraction of sp³-hybridized carbons (Fsp3) is 0.269. The maximum absolute atomic E-state index is 12.7. The molecule has 4 heterocycles. The van der Waals surface area contributed by atoms with Crippen molar-refractivity contribution in [3.05, 3.63) is 64.2 Å². The fourth-order valence-corrected chi connectivity index (χ4v) is 4.50. The molecule has 11 heteroatoms. The SMILES string of the molecule is COc1ncc(C)c(-c2ccc3c(c2)[nH]c(=O)c2cnn(C4CCOC4)c23)c1C.O=C(O)/C=C\C(=O)O. The molecular formula is C26H26N4O7. The van der Waals surface area contributed by atoms with E-state index in [1.165, 1.54) is 0 Å². The Balaban J connectivity index is 0.000000349. The minimum Gasteiger partial charge on any atom is -0.481 e. The number of aromatic amines is 1. The first kappa shape index (κ1) is 25.6. The smallest absolute Gasteiger partial charge is 0.328 e. The molecule has 0 amide bonds. The van der Waals surface area contributed by atoms with E-state index in [4.69, 9.17) is 19.7 Å². The molecule has 4 aromatic rings. The number of nitrogens with one attached hydrogen (secondary N) is 1. The zero-order valence-electron chi connectivity index (χ0n) is 20.5. The Hall–Kier alpha value is -4.51. The Morgan fingerprint density at radius 3 is 2.51 bits per heavy atom. The van der Waals surface area contributed by atoms with Gasteiger partial charge in [-0.3, -0.25) is 9.48 Å². The van der Waals surface area contributed by atoms with Gasteiger partial charge in [0.1, 0.15) is 0 Å². The number of methoxy groups -OCH3 is 1. The van der Waals surface area contributed by atoms with Crippen molar-refractivity contribution >= 4 is 33.7 Å². The van der Waals surface area contributed by atoms with Crippen LogP contribution in [0.5, 0.6) is 5.88 Å². The highest BCUT2D eigenvalue weighted by Gasteiger charge is 2.22. The maximum atomic E-state index is 12.7. The zero-order chi connectivity index (χ0) is 26.7. The summed E-state index contributed by atoms with van der Waals surface area (Å²) in [7, 11) is 1.62. The van der Waals surface area contributed by atoms with Crippen molar-refractivity contribution in [2.24, 2.45) is 0 Å². The fourth-order valence-electron chi connectivity index (χ4n) is 4.50. The van der Waals surface area contributed by atoms with E-state index in [2.05, 4.69) is 27.2 Å². The molecule has 5 rings (SSSR count). The van der Waals surface area contributed by atoms with E-state index in [0.29, 0.717) is 30.0 Å². The average Bonchev–Trinajstić information content (AvgIpc) is 3.54. The number of carboxylic acids is 2. The maximum Gasteiger partial charge on any atom is 0.328 e. The van der Waals surface area contributed by atoms with E-state index in [9.17, 15) is 14.4 Å². The summed E-state index contributed by atoms with van der Waals surface area (Å²) >= 11 is 0. The van der Waals surface area contributed by atoms with Crippen molar-refractivity contribution in [2.45, 2.75) is 26.3 Å². The summed E-state index contributed by atoms with van der Waals surface area (Å²) in [4.78, 5) is 39.2. The lowest BCUT2D eigenvalue weighted by atomic mass is 9.96. The van der Waals surface area contributed by atoms with Crippen LogP contribution in [0.4, 0.5) is 0 Å². The van der Waals surface area contributed by atoms with Gasteiger partial charge in [0.25, 0.3) is 5.56 Å². The normalized spacial score (nSPS) is 15.2. The molecule has 3 aromatic heterocycles. The number of carbonyl (C=O) groups is 2. The van der Waals surface area contributed by atoms with Gasteiger partial charge in [0, 0.05) is 35.9 Å². The topological polar surface area (TPSA) is 157 Å². The highest BCUT2D eigenvalue weighted by Crippen LogP contribution is 2.34. The number of pyridine rings is 2. The van der Waals surface area contributed by atoms with Crippen LogP contribution in [0.1, 0.15) is 23.6 Å². The van der Waals surface area contributed by atoms with Crippen molar-refractivity contribution in [3.63, 3.8) is 0 Å². The summed E-state index contributed by atoms with van der Waals surface area (Å²) in [5.41, 5.74) is 5.64. The summed E-state index contributed by atoms with van der Waals surface area (Å²) < 4.78 is 12.9. The minimum absolute atomic E-state index is 0.129. The van der Waals surface area contributed by atoms with Crippen LogP contribution in [0.15, 0.2) is 47.5 Å². The molecule has 37 heavy (non-hydrogen) atoms. The number of H-pyrrole nitrogens is 1. The molecule has 11 nitrogen and oxygen atoms in total. The van der Waals surface area contributed by atoms with Crippen LogP contribution in [-0.4, -0.2) is 62.2 Å². The van der Waals surface area contributed by atoms with Gasteiger partial charge >= 0.3 is 11.9 Å². The molecule has 0 saturated carbocycles. The number of ether oxygens (including phenoxy) is 2. The number of hydrogen-bond acceptors (Lipinski definition) is 7. The lowest BCUT2D eigenvalue weighted by Gasteiger charge is -2.14. The van der Waals surface area contributed by atoms with Crippen molar-refractivity contribution in [1.82, 2.24) is 19.7 Å². The second-order valence-electron chi connectivity index (χ2n) is 8.54. The van der Waals surface area contributed by atoms with Crippen LogP contribution in [0.2, 0.25) is 0 Å². The van der Waals surface area contributed by atoms with Crippen LogP contribution < -0.4 is 10.3 Å². The molecule has 1 saturated heterocycles. The van der Waals surface area contributed by atoms with E-state index < -0.39 is 11.9 Å². The van der Waals surface area contributed by atoms with E-state index >= 15 is 0 Å². The molecule has 0 aliphatic carbocycles. The van der Waals surface area contributed by atoms with Gasteiger partial charge in [-0.25, -0.2) is 14.6 Å². The van der Waals surface area contributed by atoms with Crippen LogP contribution in [-0.2, 0) is 14.3 Å². The molecule has 1 aromatic carbocycles. The molecule has 1 fully saturated rings. The van der Waals surface area contributed by atoms with Crippen LogP contribution >= 0.6 is 0 Å². The molecule has 0 radical (unpaired) electrons. The molecule has 1 unspecified atom stereocenters. The number of hydrogen-bond donors (Lipinski definition) is 3. The average molecular weight is 507 g/mol. The molecule has 1 atom stereocenters. The standard InChI is InChI=1S/C22H22N4O3.C4H4O4/c1-12-9-23-22(28-3)13(2)19(12)14-4-5-16-18(8-14)25-21(27)17-10-24-26(20(16)17)15-6-7-29-11-15;5-3(6)1-2-4(7)8/h4-5,8-10,15H,6-7,11H2,1-3H3,(H,25,27);1-2H,(H,5,6)(H,7,8)/b;2-1-. The number of nitrogens with zero attached hydrogens (tertiary/aromatic N) is 3. The van der Waals surface area contributed by atoms with Crippen LogP contribution in [0.3, 0.4) is 0 Å². The third-order valence-electron chi connectivity index (χ3n) is 6.13. The number of rotatable bonds is 5. The van der Waals surface area contributed by atoms with Gasteiger partial charge in [-0.05, 0) is 43.0 Å². The van der Waals surface area contributed by atoms with Gasteiger partial charge in [0.15, 0.2) is 0 Å². The Morgan fingerprint density at radius 1 is 1.16 bits per heavy atom. The van der Waals surface area contributed by atoms with Gasteiger partial charge in [0.05, 0.1) is 42.4 Å². The Labute approximate surface area is 211 Å². The van der Waals surface area contributed by atoms with Crippen molar-refractivity contribution in [1.29, 1.82) is 0 Å². The number of aliphatic carboxylic acids is 2. The highest BCUT2D eigenvalue weighted by atomic mass is 16.5. The van der Waals surface area contributed by atoms with Crippen molar-refractivity contribution in [2.75, 3.05) is 20.3 Å². The quantitative estimate of drug-likeness (QED) is 0.346. The monoisotopic (exact) mass is 506 g/mol. The third-order valence-corrected chi connectivity index (χ3v) is 6.13. The summed E-state index contributed by atoms with van der Waals surface area (Å²) in [5, 5.41) is 21.7. The molecule has 3 N–H and O–H groups in total. The largest absolute Gasteiger partial charge is 0.481 e. The molecule has 192 valence electrons. The summed E-state index contributed by atoms with van der Waals surface area (Å²) in [6, 6.07) is 6.32. The second kappa shape index (κ2) is 10.6. The van der Waals surface area contributed by atoms with Gasteiger partial charge in [0.2, 0.25) is 5.88 Å². The lowest BCUT2D eigenvalue weighted by molar-refractivity contribution is -0.134. The van der Waals surface area contributed by atoms with Gasteiger partial charge in [-0.15, -0.1) is 0 Å². The zero-order valence-corrected chi connectivity index (χ0v) is 20.5. The molecule has 1 aliphatic rings. The third kappa shape index (κ3) is 5.21. The number of fused-ring (bicyclic) bond motifs is 3. The molecule has 1 aliphatic heterocycles. The molecule has 0 spiro atoms. The predicted molar refractivity (Wildman–Crippen MR) is 136 cm³/mol. The Morgan fingerprint density at radius 2 is 1.89 bits per heavy atom. The van der Waals surface area contributed by atoms with Gasteiger partial charge in [-0.1, -0.05) is 12.1 Å². The first-order valence-electron chi connectivity index (χ1n) is 11.5.